The fourth-order valence-corrected chi connectivity index (χ4v) is 4.52. The van der Waals surface area contributed by atoms with Crippen LogP contribution in [0.4, 0.5) is 4.79 Å². The van der Waals surface area contributed by atoms with Gasteiger partial charge in [0.25, 0.3) is 11.8 Å². The fourth-order valence-electron chi connectivity index (χ4n) is 4.52. The molecule has 1 aromatic heterocycles. The smallest absolute Gasteiger partial charge is 0.331 e. The van der Waals surface area contributed by atoms with Crippen molar-refractivity contribution in [1.29, 1.82) is 0 Å². The maximum Gasteiger partial charge on any atom is 0.331 e. The number of methoxy groups -OCH3 is 1. The van der Waals surface area contributed by atoms with Crippen LogP contribution in [0.15, 0.2) is 36.0 Å². The van der Waals surface area contributed by atoms with Crippen molar-refractivity contribution in [2.45, 2.75) is 44.7 Å². The van der Waals surface area contributed by atoms with Crippen molar-refractivity contribution in [3.8, 4) is 0 Å². The molecule has 2 heterocycles. The number of imide groups is 2. The molecule has 0 atom stereocenters. The molecule has 2 aromatic rings. The Morgan fingerprint density at radius 3 is 2.70 bits per heavy atom. The summed E-state index contributed by atoms with van der Waals surface area (Å²) in [7, 11) is 1.57. The minimum absolute atomic E-state index is 0.0763. The summed E-state index contributed by atoms with van der Waals surface area (Å²) in [6.07, 6.45) is 7.75. The highest BCUT2D eigenvalue weighted by Gasteiger charge is 2.40. The normalized spacial score (nSPS) is 18.8. The number of carbonyl (C=O) groups excluding carboxylic acids is 4. The van der Waals surface area contributed by atoms with E-state index in [4.69, 9.17) is 4.74 Å². The lowest BCUT2D eigenvalue weighted by Gasteiger charge is -2.35. The molecule has 1 saturated heterocycles. The minimum Gasteiger partial charge on any atom is -0.383 e. The van der Waals surface area contributed by atoms with Crippen LogP contribution in [0, 0.1) is 0 Å². The number of carbonyl (C=O) groups is 4. The highest BCUT2D eigenvalue weighted by atomic mass is 16.5. The van der Waals surface area contributed by atoms with Crippen molar-refractivity contribution in [1.82, 2.24) is 20.1 Å². The molecule has 174 valence electrons. The van der Waals surface area contributed by atoms with E-state index in [1.54, 1.807) is 17.9 Å². The van der Waals surface area contributed by atoms with Crippen LogP contribution in [0.25, 0.3) is 17.0 Å². The molecule has 9 heteroatoms. The molecule has 2 N–H and O–H groups in total. The van der Waals surface area contributed by atoms with Gasteiger partial charge in [-0.25, -0.2) is 4.79 Å². The Morgan fingerprint density at radius 1 is 1.18 bits per heavy atom. The molecule has 5 amide bonds. The average molecular weight is 453 g/mol. The van der Waals surface area contributed by atoms with Crippen LogP contribution in [0.2, 0.25) is 0 Å². The number of hydrogen-bond acceptors (Lipinski definition) is 5. The van der Waals surface area contributed by atoms with Crippen LogP contribution in [0.5, 0.6) is 0 Å². The van der Waals surface area contributed by atoms with Crippen molar-refractivity contribution < 1.29 is 23.9 Å². The second-order valence-corrected chi connectivity index (χ2v) is 8.36. The van der Waals surface area contributed by atoms with Crippen LogP contribution in [-0.4, -0.2) is 59.5 Å². The summed E-state index contributed by atoms with van der Waals surface area (Å²) < 4.78 is 6.73. The molecule has 1 aliphatic heterocycles. The van der Waals surface area contributed by atoms with E-state index < -0.39 is 17.8 Å². The number of urea groups is 1. The van der Waals surface area contributed by atoms with E-state index in [1.807, 2.05) is 24.3 Å². The van der Waals surface area contributed by atoms with Crippen molar-refractivity contribution >= 4 is 40.7 Å². The summed E-state index contributed by atoms with van der Waals surface area (Å²) in [5.74, 6) is -1.44. The predicted molar refractivity (Wildman–Crippen MR) is 122 cm³/mol. The molecule has 4 rings (SSSR count). The molecule has 0 radical (unpaired) electrons. The van der Waals surface area contributed by atoms with Gasteiger partial charge in [-0.3, -0.25) is 24.6 Å². The van der Waals surface area contributed by atoms with E-state index in [0.717, 1.165) is 43.0 Å². The molecule has 9 nitrogen and oxygen atoms in total. The molecule has 2 aliphatic rings. The number of benzene rings is 1. The van der Waals surface area contributed by atoms with Gasteiger partial charge in [-0.2, -0.15) is 0 Å². The van der Waals surface area contributed by atoms with Gasteiger partial charge < -0.3 is 14.6 Å². The van der Waals surface area contributed by atoms with Gasteiger partial charge in [0.15, 0.2) is 0 Å². The van der Waals surface area contributed by atoms with Crippen LogP contribution < -0.4 is 10.6 Å². The van der Waals surface area contributed by atoms with Gasteiger partial charge >= 0.3 is 6.03 Å². The summed E-state index contributed by atoms with van der Waals surface area (Å²) >= 11 is 0. The van der Waals surface area contributed by atoms with Crippen molar-refractivity contribution in [2.75, 3.05) is 20.3 Å². The van der Waals surface area contributed by atoms with Gasteiger partial charge in [0.05, 0.1) is 6.61 Å². The second-order valence-electron chi connectivity index (χ2n) is 8.36. The van der Waals surface area contributed by atoms with E-state index in [2.05, 4.69) is 10.6 Å². The number of barbiturate groups is 1. The molecule has 1 aliphatic carbocycles. The van der Waals surface area contributed by atoms with Gasteiger partial charge in [-0.1, -0.05) is 37.5 Å². The van der Waals surface area contributed by atoms with Crippen LogP contribution in [0.3, 0.4) is 0 Å². The highest BCUT2D eigenvalue weighted by Crippen LogP contribution is 2.28. The minimum atomic E-state index is -0.703. The summed E-state index contributed by atoms with van der Waals surface area (Å²) in [5.41, 5.74) is 1.36. The number of ether oxygens (including phenoxy) is 1. The molecular weight excluding hydrogens is 424 g/mol. The Balaban J connectivity index is 1.64. The van der Waals surface area contributed by atoms with Gasteiger partial charge in [0.2, 0.25) is 5.91 Å². The number of fused-ring (bicyclic) bond motifs is 1. The first-order valence-electron chi connectivity index (χ1n) is 11.2. The Kier molecular flexibility index (Phi) is 6.88. The maximum absolute atomic E-state index is 13.2. The Morgan fingerprint density at radius 2 is 1.94 bits per heavy atom. The lowest BCUT2D eigenvalue weighted by atomic mass is 9.93. The summed E-state index contributed by atoms with van der Waals surface area (Å²) in [6, 6.07) is 6.62. The van der Waals surface area contributed by atoms with Crippen LogP contribution >= 0.6 is 0 Å². The largest absolute Gasteiger partial charge is 0.383 e. The zero-order valence-electron chi connectivity index (χ0n) is 18.6. The molecule has 33 heavy (non-hydrogen) atoms. The number of nitrogens with one attached hydrogen (secondary N) is 2. The number of para-hydroxylation sites is 1. The van der Waals surface area contributed by atoms with E-state index in [9.17, 15) is 19.2 Å². The number of rotatable bonds is 7. The average Bonchev–Trinajstić information content (AvgIpc) is 3.14. The standard InChI is InChI=1S/C24H28N4O5/c1-33-12-11-25-21(29)15-27-14-16(18-9-5-6-10-20(18)27)13-19-22(30)26-24(32)28(23(19)31)17-7-3-2-4-8-17/h5-6,9-10,13-14,17H,2-4,7-8,11-12,15H2,1H3,(H,25,29)(H,26,30,32)/b19-13+. The van der Waals surface area contributed by atoms with Crippen molar-refractivity contribution in [3.05, 3.63) is 41.6 Å². The Hall–Kier alpha value is -3.46. The van der Waals surface area contributed by atoms with Crippen molar-refractivity contribution in [3.63, 3.8) is 0 Å². The third kappa shape index (κ3) is 4.83. The molecule has 0 bridgehead atoms. The van der Waals surface area contributed by atoms with Gasteiger partial charge in [-0.15, -0.1) is 0 Å². The number of nitrogens with zero attached hydrogens (tertiary/aromatic N) is 2. The summed E-state index contributed by atoms with van der Waals surface area (Å²) in [6.45, 7) is 0.911. The third-order valence-corrected chi connectivity index (χ3v) is 6.13. The first-order chi connectivity index (χ1) is 16.0. The van der Waals surface area contributed by atoms with E-state index in [1.165, 1.54) is 11.0 Å². The first-order valence-corrected chi connectivity index (χ1v) is 11.2. The molecular formula is C24H28N4O5. The van der Waals surface area contributed by atoms with Gasteiger partial charge in [0, 0.05) is 42.4 Å². The monoisotopic (exact) mass is 452 g/mol. The Labute approximate surface area is 191 Å². The van der Waals surface area contributed by atoms with Crippen molar-refractivity contribution in [2.24, 2.45) is 0 Å². The zero-order chi connectivity index (χ0) is 23.4. The zero-order valence-corrected chi connectivity index (χ0v) is 18.6. The quantitative estimate of drug-likeness (QED) is 0.380. The SMILES string of the molecule is COCCNC(=O)Cn1cc(/C=C2\C(=O)NC(=O)N(C3CCCCC3)C2=O)c2ccccc21. The maximum atomic E-state index is 13.2. The van der Waals surface area contributed by atoms with Gasteiger partial charge in [-0.05, 0) is 25.0 Å². The predicted octanol–water partition coefficient (Wildman–Crippen LogP) is 2.20. The third-order valence-electron chi connectivity index (χ3n) is 6.13. The fraction of sp³-hybridized carbons (Fsp3) is 0.417. The lowest BCUT2D eigenvalue weighted by molar-refractivity contribution is -0.132. The number of amides is 5. The summed E-state index contributed by atoms with van der Waals surface area (Å²) in [5, 5.41) is 5.91. The van der Waals surface area contributed by atoms with Gasteiger partial charge in [0.1, 0.15) is 12.1 Å². The number of hydrogen-bond donors (Lipinski definition) is 2. The lowest BCUT2D eigenvalue weighted by Crippen LogP contribution is -2.58. The van der Waals surface area contributed by atoms with E-state index in [0.29, 0.717) is 18.7 Å². The van der Waals surface area contributed by atoms with Crippen LogP contribution in [-0.2, 0) is 25.7 Å². The van der Waals surface area contributed by atoms with Crippen LogP contribution in [0.1, 0.15) is 37.7 Å². The Bertz CT molecular complexity index is 1110. The molecule has 1 aromatic carbocycles. The molecule has 2 fully saturated rings. The molecule has 0 spiro atoms. The highest BCUT2D eigenvalue weighted by molar-refractivity contribution is 6.31. The van der Waals surface area contributed by atoms with E-state index >= 15 is 0 Å². The topological polar surface area (TPSA) is 110 Å². The second kappa shape index (κ2) is 9.99. The number of aromatic nitrogens is 1. The van der Waals surface area contributed by atoms with E-state index in [-0.39, 0.29) is 24.1 Å². The first kappa shape index (κ1) is 22.7. The molecule has 0 unspecified atom stereocenters. The molecule has 1 saturated carbocycles. The summed E-state index contributed by atoms with van der Waals surface area (Å²) in [4.78, 5) is 51.8.